The topological polar surface area (TPSA) is 115 Å². The molecule has 0 fully saturated rings. The van der Waals surface area contributed by atoms with Crippen LogP contribution in [0.25, 0.3) is 6.08 Å². The van der Waals surface area contributed by atoms with Crippen molar-refractivity contribution < 1.29 is 33.3 Å². The molecule has 1 atom stereocenters. The van der Waals surface area contributed by atoms with Crippen molar-refractivity contribution in [3.8, 4) is 17.2 Å². The van der Waals surface area contributed by atoms with E-state index in [1.54, 1.807) is 57.2 Å². The van der Waals surface area contributed by atoms with Crippen LogP contribution in [0.3, 0.4) is 0 Å². The van der Waals surface area contributed by atoms with Crippen LogP contribution >= 0.6 is 11.3 Å². The Morgan fingerprint density at radius 3 is 2.39 bits per heavy atom. The van der Waals surface area contributed by atoms with E-state index in [2.05, 4.69) is 4.99 Å². The number of aromatic nitrogens is 1. The summed E-state index contributed by atoms with van der Waals surface area (Å²) in [5.74, 6) is 0.296. The molecule has 41 heavy (non-hydrogen) atoms. The molecule has 4 rings (SSSR count). The Labute approximate surface area is 241 Å². The molecule has 1 aliphatic heterocycles. The normalized spacial score (nSPS) is 14.7. The first kappa shape index (κ1) is 29.6. The highest BCUT2D eigenvalue weighted by molar-refractivity contribution is 7.07. The van der Waals surface area contributed by atoms with E-state index < -0.39 is 18.0 Å². The minimum Gasteiger partial charge on any atom is -0.494 e. The van der Waals surface area contributed by atoms with Crippen molar-refractivity contribution in [3.63, 3.8) is 0 Å². The van der Waals surface area contributed by atoms with Crippen LogP contribution in [0.5, 0.6) is 17.2 Å². The zero-order valence-corrected chi connectivity index (χ0v) is 24.4. The van der Waals surface area contributed by atoms with E-state index in [9.17, 15) is 14.4 Å². The predicted octanol–water partition coefficient (Wildman–Crippen LogP) is 3.15. The molecule has 0 radical (unpaired) electrons. The highest BCUT2D eigenvalue weighted by Crippen LogP contribution is 2.33. The number of allylic oxidation sites excluding steroid dienone is 1. The van der Waals surface area contributed by atoms with Crippen molar-refractivity contribution in [2.75, 3.05) is 33.5 Å². The molecule has 0 spiro atoms. The van der Waals surface area contributed by atoms with Gasteiger partial charge in [-0.25, -0.2) is 14.6 Å². The second-order valence-corrected chi connectivity index (χ2v) is 9.79. The predicted molar refractivity (Wildman–Crippen MR) is 153 cm³/mol. The van der Waals surface area contributed by atoms with Gasteiger partial charge in [0.15, 0.2) is 22.9 Å². The third-order valence-corrected chi connectivity index (χ3v) is 7.16. The number of esters is 2. The SMILES string of the molecule is CCOC(=O)COc1c(/C=c2\sc3n(c2=O)[C@@H](c2ccc(OCC)cc2)C(C(=O)OCC)=C(C)N=3)cccc1OC. The fourth-order valence-corrected chi connectivity index (χ4v) is 5.49. The number of rotatable bonds is 11. The standard InChI is InChI=1S/C30H32N2O8S/c1-6-37-21-14-12-19(13-15-21)26-25(29(35)39-8-3)18(4)31-30-32(26)28(34)23(41-30)16-20-10-9-11-22(36-5)27(20)40-17-24(33)38-7-2/h9-16,26H,6-8,17H2,1-5H3/b23-16-/t26-/m0/s1. The fourth-order valence-electron chi connectivity index (χ4n) is 4.46. The van der Waals surface area contributed by atoms with Gasteiger partial charge in [-0.1, -0.05) is 35.6 Å². The number of benzene rings is 2. The summed E-state index contributed by atoms with van der Waals surface area (Å²) in [7, 11) is 1.49. The van der Waals surface area contributed by atoms with Gasteiger partial charge in [0.1, 0.15) is 5.75 Å². The Morgan fingerprint density at radius 1 is 1.00 bits per heavy atom. The molecule has 1 aliphatic rings. The molecule has 2 aromatic carbocycles. The van der Waals surface area contributed by atoms with Gasteiger partial charge in [-0.15, -0.1) is 0 Å². The lowest BCUT2D eigenvalue weighted by Crippen LogP contribution is -2.39. The van der Waals surface area contributed by atoms with Gasteiger partial charge >= 0.3 is 11.9 Å². The third kappa shape index (κ3) is 6.35. The minimum atomic E-state index is -0.757. The van der Waals surface area contributed by atoms with Crippen LogP contribution in [0, 0.1) is 0 Å². The molecule has 11 heteroatoms. The maximum absolute atomic E-state index is 14.0. The van der Waals surface area contributed by atoms with Crippen LogP contribution in [-0.4, -0.2) is 50.0 Å². The van der Waals surface area contributed by atoms with Crippen molar-refractivity contribution >= 4 is 29.4 Å². The molecule has 1 aromatic heterocycles. The van der Waals surface area contributed by atoms with Crippen molar-refractivity contribution in [2.24, 2.45) is 4.99 Å². The van der Waals surface area contributed by atoms with E-state index in [1.165, 1.54) is 23.0 Å². The maximum atomic E-state index is 14.0. The highest BCUT2D eigenvalue weighted by Gasteiger charge is 2.33. The summed E-state index contributed by atoms with van der Waals surface area (Å²) < 4.78 is 29.0. The largest absolute Gasteiger partial charge is 0.494 e. The minimum absolute atomic E-state index is 0.181. The van der Waals surface area contributed by atoms with Crippen LogP contribution in [0.4, 0.5) is 0 Å². The monoisotopic (exact) mass is 580 g/mol. The summed E-state index contributed by atoms with van der Waals surface area (Å²) >= 11 is 1.18. The average Bonchev–Trinajstić information content (AvgIpc) is 3.26. The van der Waals surface area contributed by atoms with Crippen LogP contribution in [0.15, 0.2) is 63.5 Å². The number of thiazole rings is 1. The summed E-state index contributed by atoms with van der Waals surface area (Å²) in [6.07, 6.45) is 1.66. The van der Waals surface area contributed by atoms with E-state index in [4.69, 9.17) is 23.7 Å². The number of carbonyl (C=O) groups excluding carboxylic acids is 2. The number of ether oxygens (including phenoxy) is 5. The summed E-state index contributed by atoms with van der Waals surface area (Å²) in [5.41, 5.74) is 1.64. The Kier molecular flexibility index (Phi) is 9.61. The van der Waals surface area contributed by atoms with Gasteiger partial charge in [0.25, 0.3) is 5.56 Å². The molecular weight excluding hydrogens is 548 g/mol. The Balaban J connectivity index is 1.87. The number of methoxy groups -OCH3 is 1. The smallest absolute Gasteiger partial charge is 0.344 e. The first-order chi connectivity index (χ1) is 19.8. The van der Waals surface area contributed by atoms with Crippen molar-refractivity contribution in [1.82, 2.24) is 4.57 Å². The zero-order chi connectivity index (χ0) is 29.5. The lowest BCUT2D eigenvalue weighted by atomic mass is 9.96. The molecule has 0 aliphatic carbocycles. The van der Waals surface area contributed by atoms with Gasteiger partial charge < -0.3 is 23.7 Å². The van der Waals surface area contributed by atoms with Crippen LogP contribution in [-0.2, 0) is 19.1 Å². The molecule has 0 saturated heterocycles. The Bertz CT molecular complexity index is 1640. The Hall–Kier alpha value is -4.38. The maximum Gasteiger partial charge on any atom is 0.344 e. The average molecular weight is 581 g/mol. The molecule has 0 N–H and O–H groups in total. The van der Waals surface area contributed by atoms with Gasteiger partial charge in [-0.05, 0) is 57.5 Å². The van der Waals surface area contributed by atoms with Gasteiger partial charge in [-0.3, -0.25) is 9.36 Å². The van der Waals surface area contributed by atoms with E-state index in [0.29, 0.717) is 50.0 Å². The van der Waals surface area contributed by atoms with Crippen molar-refractivity contribution in [1.29, 1.82) is 0 Å². The van der Waals surface area contributed by atoms with Crippen molar-refractivity contribution in [3.05, 3.63) is 84.5 Å². The lowest BCUT2D eigenvalue weighted by molar-refractivity contribution is -0.145. The first-order valence-corrected chi connectivity index (χ1v) is 14.0. The number of fused-ring (bicyclic) bond motifs is 1. The highest BCUT2D eigenvalue weighted by atomic mass is 32.1. The Morgan fingerprint density at radius 2 is 1.73 bits per heavy atom. The van der Waals surface area contributed by atoms with E-state index in [0.717, 1.165) is 0 Å². The van der Waals surface area contributed by atoms with Gasteiger partial charge in [0, 0.05) is 5.56 Å². The number of hydrogen-bond donors (Lipinski definition) is 0. The molecule has 0 saturated carbocycles. The lowest BCUT2D eigenvalue weighted by Gasteiger charge is -2.24. The number of para-hydroxylation sites is 1. The second kappa shape index (κ2) is 13.3. The molecule has 10 nitrogen and oxygen atoms in total. The van der Waals surface area contributed by atoms with Gasteiger partial charge in [0.05, 0.1) is 48.8 Å². The molecule has 0 bridgehead atoms. The summed E-state index contributed by atoms with van der Waals surface area (Å²) in [4.78, 5) is 44.1. The number of nitrogens with zero attached hydrogens (tertiary/aromatic N) is 2. The van der Waals surface area contributed by atoms with Crippen LogP contribution < -0.4 is 29.1 Å². The first-order valence-electron chi connectivity index (χ1n) is 13.2. The molecule has 0 unspecified atom stereocenters. The molecule has 2 heterocycles. The van der Waals surface area contributed by atoms with E-state index in [1.807, 2.05) is 19.1 Å². The van der Waals surface area contributed by atoms with E-state index in [-0.39, 0.29) is 31.0 Å². The molecule has 0 amide bonds. The van der Waals surface area contributed by atoms with Gasteiger partial charge in [-0.2, -0.15) is 0 Å². The summed E-state index contributed by atoms with van der Waals surface area (Å²) in [6, 6.07) is 11.7. The number of carbonyl (C=O) groups is 2. The summed E-state index contributed by atoms with van der Waals surface area (Å²) in [5, 5.41) is 0. The van der Waals surface area contributed by atoms with Crippen LogP contribution in [0.1, 0.15) is 44.9 Å². The molecule has 216 valence electrons. The molecule has 3 aromatic rings. The fraction of sp³-hybridized carbons (Fsp3) is 0.333. The third-order valence-electron chi connectivity index (χ3n) is 6.18. The summed E-state index contributed by atoms with van der Waals surface area (Å²) in [6.45, 7) is 7.66. The van der Waals surface area contributed by atoms with Gasteiger partial charge in [0.2, 0.25) is 0 Å². The number of hydrogen-bond acceptors (Lipinski definition) is 10. The quantitative estimate of drug-likeness (QED) is 0.318. The van der Waals surface area contributed by atoms with Crippen LogP contribution in [0.2, 0.25) is 0 Å². The molecular formula is C30H32N2O8S. The van der Waals surface area contributed by atoms with Crippen molar-refractivity contribution in [2.45, 2.75) is 33.7 Å². The zero-order valence-electron chi connectivity index (χ0n) is 23.6. The van der Waals surface area contributed by atoms with E-state index >= 15 is 0 Å². The second-order valence-electron chi connectivity index (χ2n) is 8.78.